The highest BCUT2D eigenvalue weighted by Gasteiger charge is 2.39. The van der Waals surface area contributed by atoms with E-state index in [-0.39, 0.29) is 0 Å². The second kappa shape index (κ2) is 4.66. The smallest absolute Gasteiger partial charge is 0.0474 e. The lowest BCUT2D eigenvalue weighted by molar-refractivity contribution is 0.198. The molecular weight excluding hydrogens is 198 g/mol. The first-order chi connectivity index (χ1) is 7.86. The molecule has 0 radical (unpaired) electrons. The molecule has 3 aliphatic carbocycles. The molecule has 0 aromatic rings. The van der Waals surface area contributed by atoms with Crippen LogP contribution in [0.2, 0.25) is 0 Å². The normalized spacial score (nSPS) is 46.7. The van der Waals surface area contributed by atoms with Gasteiger partial charge in [-0.05, 0) is 62.3 Å². The Morgan fingerprint density at radius 2 is 1.94 bits per heavy atom. The summed E-state index contributed by atoms with van der Waals surface area (Å²) in [5, 5.41) is 13.0. The van der Waals surface area contributed by atoms with Crippen LogP contribution in [0.3, 0.4) is 0 Å². The molecule has 2 bridgehead atoms. The molecule has 3 aliphatic rings. The highest BCUT2D eigenvalue weighted by molar-refractivity contribution is 4.92. The first-order valence-electron chi connectivity index (χ1n) is 7.21. The van der Waals surface area contributed by atoms with Gasteiger partial charge < -0.3 is 10.4 Å². The predicted octanol–water partition coefficient (Wildman–Crippen LogP) is 2.17. The monoisotopic (exact) mass is 223 g/mol. The number of nitrogens with one attached hydrogen (secondary N) is 1. The van der Waals surface area contributed by atoms with Crippen molar-refractivity contribution in [1.29, 1.82) is 0 Å². The van der Waals surface area contributed by atoms with Crippen LogP contribution < -0.4 is 5.32 Å². The third kappa shape index (κ3) is 2.02. The lowest BCUT2D eigenvalue weighted by Gasteiger charge is -2.26. The van der Waals surface area contributed by atoms with Crippen LogP contribution in [0.15, 0.2) is 0 Å². The molecule has 0 aromatic heterocycles. The van der Waals surface area contributed by atoms with Gasteiger partial charge in [0.15, 0.2) is 0 Å². The van der Waals surface area contributed by atoms with E-state index in [1.54, 1.807) is 0 Å². The summed E-state index contributed by atoms with van der Waals surface area (Å²) in [6.07, 6.45) is 9.81. The van der Waals surface area contributed by atoms with E-state index < -0.39 is 0 Å². The molecule has 92 valence electrons. The highest BCUT2D eigenvalue weighted by Crippen LogP contribution is 2.48. The van der Waals surface area contributed by atoms with Crippen LogP contribution in [0, 0.1) is 23.7 Å². The molecule has 0 saturated heterocycles. The SMILES string of the molecule is OCC1CCCC1NCC1CC2CCC1C2. The van der Waals surface area contributed by atoms with Gasteiger partial charge in [-0.1, -0.05) is 12.8 Å². The molecule has 2 N–H and O–H groups in total. The molecule has 2 nitrogen and oxygen atoms in total. The zero-order valence-electron chi connectivity index (χ0n) is 10.2. The van der Waals surface area contributed by atoms with Crippen molar-refractivity contribution in [3.63, 3.8) is 0 Å². The molecule has 0 heterocycles. The van der Waals surface area contributed by atoms with Crippen LogP contribution in [-0.4, -0.2) is 24.3 Å². The van der Waals surface area contributed by atoms with E-state index >= 15 is 0 Å². The quantitative estimate of drug-likeness (QED) is 0.765. The summed E-state index contributed by atoms with van der Waals surface area (Å²) in [7, 11) is 0. The molecule has 2 heteroatoms. The largest absolute Gasteiger partial charge is 0.396 e. The van der Waals surface area contributed by atoms with Crippen LogP contribution in [0.1, 0.15) is 44.9 Å². The van der Waals surface area contributed by atoms with Gasteiger partial charge in [0.1, 0.15) is 0 Å². The van der Waals surface area contributed by atoms with E-state index in [1.165, 1.54) is 51.5 Å². The molecule has 5 atom stereocenters. The minimum atomic E-state index is 0.383. The number of aliphatic hydroxyl groups excluding tert-OH is 1. The summed E-state index contributed by atoms with van der Waals surface area (Å²) in [5.74, 6) is 3.60. The minimum Gasteiger partial charge on any atom is -0.396 e. The van der Waals surface area contributed by atoms with E-state index in [2.05, 4.69) is 5.32 Å². The number of aliphatic hydroxyl groups is 1. The standard InChI is InChI=1S/C14H25NO/c16-9-12-2-1-3-14(12)15-8-13-7-10-4-5-11(13)6-10/h10-16H,1-9H2. The first kappa shape index (κ1) is 11.0. The van der Waals surface area contributed by atoms with Crippen molar-refractivity contribution >= 4 is 0 Å². The second-order valence-electron chi connectivity index (χ2n) is 6.32. The molecular formula is C14H25NO. The fraction of sp³-hybridized carbons (Fsp3) is 1.00. The molecule has 0 amide bonds. The Morgan fingerprint density at radius 3 is 2.62 bits per heavy atom. The van der Waals surface area contributed by atoms with Crippen molar-refractivity contribution in [2.24, 2.45) is 23.7 Å². The molecule has 16 heavy (non-hydrogen) atoms. The Bertz CT molecular complexity index is 237. The minimum absolute atomic E-state index is 0.383. The maximum absolute atomic E-state index is 9.29. The van der Waals surface area contributed by atoms with Crippen LogP contribution in [0.4, 0.5) is 0 Å². The molecule has 0 aliphatic heterocycles. The molecule has 0 aromatic carbocycles. The van der Waals surface area contributed by atoms with Crippen molar-refractivity contribution in [1.82, 2.24) is 5.32 Å². The van der Waals surface area contributed by atoms with E-state index in [0.29, 0.717) is 18.6 Å². The summed E-state index contributed by atoms with van der Waals surface area (Å²) in [6, 6.07) is 0.615. The zero-order chi connectivity index (χ0) is 11.0. The molecule has 3 saturated carbocycles. The van der Waals surface area contributed by atoms with Gasteiger partial charge in [-0.2, -0.15) is 0 Å². The Balaban J connectivity index is 1.46. The van der Waals surface area contributed by atoms with Gasteiger partial charge in [0.05, 0.1) is 0 Å². The lowest BCUT2D eigenvalue weighted by Crippen LogP contribution is -2.38. The van der Waals surface area contributed by atoms with Crippen LogP contribution in [-0.2, 0) is 0 Å². The average molecular weight is 223 g/mol. The Kier molecular flexibility index (Phi) is 3.21. The topological polar surface area (TPSA) is 32.3 Å². The van der Waals surface area contributed by atoms with E-state index in [4.69, 9.17) is 0 Å². The summed E-state index contributed by atoms with van der Waals surface area (Å²) < 4.78 is 0. The van der Waals surface area contributed by atoms with Crippen molar-refractivity contribution in [2.75, 3.05) is 13.2 Å². The fourth-order valence-electron chi connectivity index (χ4n) is 4.45. The lowest BCUT2D eigenvalue weighted by atomic mass is 9.88. The van der Waals surface area contributed by atoms with E-state index in [1.807, 2.05) is 0 Å². The summed E-state index contributed by atoms with van der Waals surface area (Å²) >= 11 is 0. The Hall–Kier alpha value is -0.0800. The number of hydrogen-bond acceptors (Lipinski definition) is 2. The van der Waals surface area contributed by atoms with Crippen LogP contribution in [0.5, 0.6) is 0 Å². The predicted molar refractivity (Wildman–Crippen MR) is 65.2 cm³/mol. The third-order valence-corrected chi connectivity index (χ3v) is 5.42. The van der Waals surface area contributed by atoms with E-state index in [0.717, 1.165) is 17.8 Å². The van der Waals surface area contributed by atoms with Gasteiger partial charge in [0, 0.05) is 12.6 Å². The summed E-state index contributed by atoms with van der Waals surface area (Å²) in [6.45, 7) is 1.61. The zero-order valence-corrected chi connectivity index (χ0v) is 10.2. The molecule has 5 unspecified atom stereocenters. The maximum Gasteiger partial charge on any atom is 0.0474 e. The molecule has 0 spiro atoms. The fourth-order valence-corrected chi connectivity index (χ4v) is 4.45. The van der Waals surface area contributed by atoms with Gasteiger partial charge in [0.25, 0.3) is 0 Å². The van der Waals surface area contributed by atoms with Gasteiger partial charge in [-0.15, -0.1) is 0 Å². The van der Waals surface area contributed by atoms with Crippen LogP contribution >= 0.6 is 0 Å². The van der Waals surface area contributed by atoms with E-state index in [9.17, 15) is 5.11 Å². The maximum atomic E-state index is 9.29. The number of fused-ring (bicyclic) bond motifs is 2. The summed E-state index contributed by atoms with van der Waals surface area (Å²) in [4.78, 5) is 0. The first-order valence-corrected chi connectivity index (χ1v) is 7.21. The molecule has 3 rings (SSSR count). The van der Waals surface area contributed by atoms with Crippen molar-refractivity contribution < 1.29 is 5.11 Å². The second-order valence-corrected chi connectivity index (χ2v) is 6.32. The van der Waals surface area contributed by atoms with Crippen molar-refractivity contribution in [2.45, 2.75) is 51.0 Å². The van der Waals surface area contributed by atoms with Crippen LogP contribution in [0.25, 0.3) is 0 Å². The Labute approximate surface area is 98.8 Å². The van der Waals surface area contributed by atoms with Gasteiger partial charge >= 0.3 is 0 Å². The number of hydrogen-bond donors (Lipinski definition) is 2. The Morgan fingerprint density at radius 1 is 1.00 bits per heavy atom. The van der Waals surface area contributed by atoms with Gasteiger partial charge in [0.2, 0.25) is 0 Å². The van der Waals surface area contributed by atoms with Crippen molar-refractivity contribution in [3.05, 3.63) is 0 Å². The highest BCUT2D eigenvalue weighted by atomic mass is 16.3. The summed E-state index contributed by atoms with van der Waals surface area (Å²) in [5.41, 5.74) is 0. The number of rotatable bonds is 4. The third-order valence-electron chi connectivity index (χ3n) is 5.42. The van der Waals surface area contributed by atoms with Crippen molar-refractivity contribution in [3.8, 4) is 0 Å². The molecule has 3 fully saturated rings. The average Bonchev–Trinajstić information content (AvgIpc) is 3.01. The van der Waals surface area contributed by atoms with Gasteiger partial charge in [-0.25, -0.2) is 0 Å². The van der Waals surface area contributed by atoms with Gasteiger partial charge in [-0.3, -0.25) is 0 Å².